The van der Waals surface area contributed by atoms with Gasteiger partial charge in [0.05, 0.1) is 0 Å². The van der Waals surface area contributed by atoms with Crippen molar-refractivity contribution in [2.45, 2.75) is 32.6 Å². The number of hydrogen-bond acceptors (Lipinski definition) is 1. The number of allylic oxidation sites excluding steroid dienone is 1. The molecule has 0 aromatic heterocycles. The van der Waals surface area contributed by atoms with Crippen LogP contribution in [0.3, 0.4) is 0 Å². The summed E-state index contributed by atoms with van der Waals surface area (Å²) in [7, 11) is 2.11. The summed E-state index contributed by atoms with van der Waals surface area (Å²) in [5.41, 5.74) is 0. The van der Waals surface area contributed by atoms with Gasteiger partial charge < -0.3 is 10.2 Å². The highest BCUT2D eigenvalue weighted by atomic mass is 127. The van der Waals surface area contributed by atoms with Crippen LogP contribution in [0, 0.1) is 5.92 Å². The monoisotopic (exact) mass is 351 g/mol. The van der Waals surface area contributed by atoms with Crippen LogP contribution < -0.4 is 5.32 Å². The van der Waals surface area contributed by atoms with Crippen molar-refractivity contribution < 1.29 is 0 Å². The lowest BCUT2D eigenvalue weighted by atomic mass is 10.3. The SMILES string of the molecule is C=CCCCN(C)C(=NCC1CC1)NCC.I. The second kappa shape index (κ2) is 9.74. The zero-order valence-corrected chi connectivity index (χ0v) is 13.4. The minimum absolute atomic E-state index is 0. The second-order valence-corrected chi connectivity index (χ2v) is 4.49. The minimum atomic E-state index is 0. The predicted molar refractivity (Wildman–Crippen MR) is 86.2 cm³/mol. The van der Waals surface area contributed by atoms with Gasteiger partial charge in [0.25, 0.3) is 0 Å². The Hall–Kier alpha value is -0.260. The topological polar surface area (TPSA) is 27.6 Å². The van der Waals surface area contributed by atoms with Crippen LogP contribution in [-0.2, 0) is 0 Å². The molecular weight excluding hydrogens is 325 g/mol. The number of hydrogen-bond donors (Lipinski definition) is 1. The normalized spacial score (nSPS) is 15.1. The van der Waals surface area contributed by atoms with Crippen molar-refractivity contribution in [3.05, 3.63) is 12.7 Å². The van der Waals surface area contributed by atoms with Crippen LogP contribution in [0.4, 0.5) is 0 Å². The molecule has 1 saturated carbocycles. The van der Waals surface area contributed by atoms with Crippen LogP contribution >= 0.6 is 24.0 Å². The summed E-state index contributed by atoms with van der Waals surface area (Å²) in [6.45, 7) is 8.84. The molecule has 1 aliphatic rings. The molecule has 0 aromatic carbocycles. The summed E-state index contributed by atoms with van der Waals surface area (Å²) in [4.78, 5) is 6.88. The third-order valence-corrected chi connectivity index (χ3v) is 2.79. The molecule has 1 N–H and O–H groups in total. The average molecular weight is 351 g/mol. The van der Waals surface area contributed by atoms with Gasteiger partial charge in [-0.2, -0.15) is 0 Å². The molecule has 17 heavy (non-hydrogen) atoms. The first-order chi connectivity index (χ1) is 7.77. The third-order valence-electron chi connectivity index (χ3n) is 2.79. The molecule has 100 valence electrons. The lowest BCUT2D eigenvalue weighted by Crippen LogP contribution is -2.39. The average Bonchev–Trinajstić information content (AvgIpc) is 3.08. The van der Waals surface area contributed by atoms with Crippen molar-refractivity contribution in [1.82, 2.24) is 10.2 Å². The molecule has 1 rings (SSSR count). The van der Waals surface area contributed by atoms with E-state index >= 15 is 0 Å². The van der Waals surface area contributed by atoms with E-state index in [9.17, 15) is 0 Å². The molecule has 1 fully saturated rings. The van der Waals surface area contributed by atoms with Crippen LogP contribution in [0.2, 0.25) is 0 Å². The molecule has 0 aliphatic heterocycles. The van der Waals surface area contributed by atoms with Gasteiger partial charge in [-0.1, -0.05) is 6.08 Å². The molecule has 0 radical (unpaired) electrons. The number of nitrogens with zero attached hydrogens (tertiary/aromatic N) is 2. The summed E-state index contributed by atoms with van der Waals surface area (Å²) in [5.74, 6) is 1.91. The van der Waals surface area contributed by atoms with Crippen molar-refractivity contribution >= 4 is 29.9 Å². The van der Waals surface area contributed by atoms with Crippen molar-refractivity contribution in [2.24, 2.45) is 10.9 Å². The Bertz CT molecular complexity index is 237. The fraction of sp³-hybridized carbons (Fsp3) is 0.769. The minimum Gasteiger partial charge on any atom is -0.357 e. The Balaban J connectivity index is 0.00000256. The van der Waals surface area contributed by atoms with Crippen LogP contribution in [0.5, 0.6) is 0 Å². The molecule has 1 aliphatic carbocycles. The summed E-state index contributed by atoms with van der Waals surface area (Å²) in [6.07, 6.45) is 6.93. The fourth-order valence-electron chi connectivity index (χ4n) is 1.56. The molecule has 0 bridgehead atoms. The molecule has 3 nitrogen and oxygen atoms in total. The maximum Gasteiger partial charge on any atom is 0.193 e. The Labute approximate surface area is 123 Å². The predicted octanol–water partition coefficient (Wildman–Crippen LogP) is 2.88. The third kappa shape index (κ3) is 7.63. The first-order valence-electron chi connectivity index (χ1n) is 6.38. The largest absolute Gasteiger partial charge is 0.357 e. The van der Waals surface area contributed by atoms with Crippen molar-refractivity contribution in [3.63, 3.8) is 0 Å². The van der Waals surface area contributed by atoms with Gasteiger partial charge in [0.2, 0.25) is 0 Å². The van der Waals surface area contributed by atoms with Gasteiger partial charge in [0.1, 0.15) is 0 Å². The highest BCUT2D eigenvalue weighted by Gasteiger charge is 2.20. The number of guanidine groups is 1. The molecule has 0 atom stereocenters. The van der Waals surface area contributed by atoms with E-state index in [1.54, 1.807) is 0 Å². The Morgan fingerprint density at radius 3 is 2.76 bits per heavy atom. The zero-order valence-electron chi connectivity index (χ0n) is 11.1. The lowest BCUT2D eigenvalue weighted by Gasteiger charge is -2.21. The van der Waals surface area contributed by atoms with Crippen LogP contribution in [0.25, 0.3) is 0 Å². The van der Waals surface area contributed by atoms with Crippen LogP contribution in [-0.4, -0.2) is 37.5 Å². The first kappa shape index (κ1) is 16.7. The second-order valence-electron chi connectivity index (χ2n) is 4.49. The molecule has 0 saturated heterocycles. The van der Waals surface area contributed by atoms with Gasteiger partial charge in [-0.3, -0.25) is 4.99 Å². The number of halogens is 1. The van der Waals surface area contributed by atoms with E-state index < -0.39 is 0 Å². The van der Waals surface area contributed by atoms with Crippen molar-refractivity contribution in [2.75, 3.05) is 26.7 Å². The highest BCUT2D eigenvalue weighted by Crippen LogP contribution is 2.28. The quantitative estimate of drug-likeness (QED) is 0.251. The Kier molecular flexibility index (Phi) is 9.59. The molecule has 0 unspecified atom stereocenters. The molecule has 0 spiro atoms. The van der Waals surface area contributed by atoms with Gasteiger partial charge in [-0.15, -0.1) is 30.6 Å². The van der Waals surface area contributed by atoms with Crippen LogP contribution in [0.1, 0.15) is 32.6 Å². The number of rotatable bonds is 7. The number of aliphatic imine (C=N–C) groups is 1. The van der Waals surface area contributed by atoms with Gasteiger partial charge in [0, 0.05) is 26.7 Å². The van der Waals surface area contributed by atoms with E-state index in [0.717, 1.165) is 44.4 Å². The van der Waals surface area contributed by atoms with Crippen molar-refractivity contribution in [3.8, 4) is 0 Å². The Morgan fingerprint density at radius 1 is 1.53 bits per heavy atom. The maximum atomic E-state index is 4.66. The molecule has 0 aromatic rings. The summed E-state index contributed by atoms with van der Waals surface area (Å²) in [5, 5.41) is 3.34. The Morgan fingerprint density at radius 2 is 2.24 bits per heavy atom. The molecule has 4 heteroatoms. The summed E-state index contributed by atoms with van der Waals surface area (Å²) < 4.78 is 0. The van der Waals surface area contributed by atoms with Crippen LogP contribution in [0.15, 0.2) is 17.6 Å². The van der Waals surface area contributed by atoms with Gasteiger partial charge in [0.15, 0.2) is 5.96 Å². The maximum absolute atomic E-state index is 4.66. The lowest BCUT2D eigenvalue weighted by molar-refractivity contribution is 0.469. The summed E-state index contributed by atoms with van der Waals surface area (Å²) >= 11 is 0. The van der Waals surface area contributed by atoms with E-state index in [1.165, 1.54) is 12.8 Å². The van der Waals surface area contributed by atoms with E-state index in [2.05, 4.69) is 35.8 Å². The van der Waals surface area contributed by atoms with Gasteiger partial charge in [-0.05, 0) is 38.5 Å². The van der Waals surface area contributed by atoms with E-state index in [1.807, 2.05) is 6.08 Å². The molecule has 0 amide bonds. The summed E-state index contributed by atoms with van der Waals surface area (Å²) in [6, 6.07) is 0. The zero-order chi connectivity index (χ0) is 11.8. The number of unbranched alkanes of at least 4 members (excludes halogenated alkanes) is 1. The van der Waals surface area contributed by atoms with E-state index in [4.69, 9.17) is 0 Å². The standard InChI is InChI=1S/C13H25N3.HI/c1-4-6-7-10-16(3)13(14-5-2)15-11-12-8-9-12;/h4,12H,1,5-11H2,2-3H3,(H,14,15);1H. The first-order valence-corrected chi connectivity index (χ1v) is 6.38. The smallest absolute Gasteiger partial charge is 0.193 e. The fourth-order valence-corrected chi connectivity index (χ4v) is 1.56. The highest BCUT2D eigenvalue weighted by molar-refractivity contribution is 14.0. The molecule has 0 heterocycles. The number of nitrogens with one attached hydrogen (secondary N) is 1. The van der Waals surface area contributed by atoms with E-state index in [-0.39, 0.29) is 24.0 Å². The molecular formula is C13H26IN3. The van der Waals surface area contributed by atoms with Crippen molar-refractivity contribution in [1.29, 1.82) is 0 Å². The van der Waals surface area contributed by atoms with Gasteiger partial charge >= 0.3 is 0 Å². The van der Waals surface area contributed by atoms with Gasteiger partial charge in [-0.25, -0.2) is 0 Å². The van der Waals surface area contributed by atoms with E-state index in [0.29, 0.717) is 0 Å².